The van der Waals surface area contributed by atoms with Crippen molar-refractivity contribution in [2.24, 2.45) is 0 Å². The van der Waals surface area contributed by atoms with E-state index in [1.54, 1.807) is 19.6 Å². The normalized spacial score (nSPS) is 12.5. The van der Waals surface area contributed by atoms with E-state index < -0.39 is 0 Å². The van der Waals surface area contributed by atoms with Crippen molar-refractivity contribution in [1.82, 2.24) is 15.1 Å². The fourth-order valence-electron chi connectivity index (χ4n) is 2.53. The van der Waals surface area contributed by atoms with Gasteiger partial charge < -0.3 is 14.5 Å². The van der Waals surface area contributed by atoms with Gasteiger partial charge in [0, 0.05) is 13.0 Å². The molecule has 0 aliphatic rings. The van der Waals surface area contributed by atoms with Crippen LogP contribution in [0.5, 0.6) is 5.75 Å². The van der Waals surface area contributed by atoms with Crippen molar-refractivity contribution >= 4 is 0 Å². The van der Waals surface area contributed by atoms with Crippen molar-refractivity contribution in [3.8, 4) is 5.75 Å². The summed E-state index contributed by atoms with van der Waals surface area (Å²) in [5.74, 6) is 1.87. The summed E-state index contributed by atoms with van der Waals surface area (Å²) in [6.45, 7) is 6.08. The average molecular weight is 291 g/mol. The molecule has 0 aliphatic heterocycles. The van der Waals surface area contributed by atoms with Crippen LogP contribution in [0.25, 0.3) is 0 Å². The van der Waals surface area contributed by atoms with Gasteiger partial charge in [0.2, 0.25) is 0 Å². The van der Waals surface area contributed by atoms with E-state index in [2.05, 4.69) is 24.3 Å². The third kappa shape index (κ3) is 3.88. The van der Waals surface area contributed by atoms with Gasteiger partial charge in [0.15, 0.2) is 5.75 Å². The predicted molar refractivity (Wildman–Crippen MR) is 82.5 cm³/mol. The molecular formula is C16H25N3O2. The van der Waals surface area contributed by atoms with Gasteiger partial charge in [-0.15, -0.1) is 0 Å². The second kappa shape index (κ2) is 7.88. The molecule has 0 bridgehead atoms. The summed E-state index contributed by atoms with van der Waals surface area (Å²) in [4.78, 5) is 0. The Hall–Kier alpha value is -1.75. The third-order valence-corrected chi connectivity index (χ3v) is 3.59. The summed E-state index contributed by atoms with van der Waals surface area (Å²) >= 11 is 0. The maximum atomic E-state index is 5.48. The van der Waals surface area contributed by atoms with Crippen LogP contribution in [-0.2, 0) is 13.0 Å². The number of methoxy groups -OCH3 is 1. The smallest absolute Gasteiger partial charge is 0.161 e. The highest BCUT2D eigenvalue weighted by molar-refractivity contribution is 5.28. The van der Waals surface area contributed by atoms with E-state index in [9.17, 15) is 0 Å². The monoisotopic (exact) mass is 291 g/mol. The molecule has 0 spiro atoms. The Morgan fingerprint density at radius 1 is 1.43 bits per heavy atom. The molecule has 1 unspecified atom stereocenters. The molecule has 1 atom stereocenters. The maximum Gasteiger partial charge on any atom is 0.161 e. The Labute approximate surface area is 126 Å². The highest BCUT2D eigenvalue weighted by atomic mass is 16.5. The maximum absolute atomic E-state index is 5.48. The summed E-state index contributed by atoms with van der Waals surface area (Å²) < 4.78 is 12.9. The topological polar surface area (TPSA) is 52.2 Å². The highest BCUT2D eigenvalue weighted by Gasteiger charge is 2.21. The molecule has 2 rings (SSSR count). The summed E-state index contributed by atoms with van der Waals surface area (Å²) in [5, 5.41) is 8.01. The number of nitrogens with one attached hydrogen (secondary N) is 1. The van der Waals surface area contributed by atoms with Gasteiger partial charge in [-0.2, -0.15) is 5.10 Å². The van der Waals surface area contributed by atoms with Crippen molar-refractivity contribution in [2.45, 2.75) is 45.7 Å². The van der Waals surface area contributed by atoms with Gasteiger partial charge >= 0.3 is 0 Å². The number of nitrogens with zero attached hydrogens (tertiary/aromatic N) is 2. The number of hydrogen-bond acceptors (Lipinski definition) is 4. The van der Waals surface area contributed by atoms with Crippen molar-refractivity contribution in [1.29, 1.82) is 0 Å². The fraction of sp³-hybridized carbons (Fsp3) is 0.562. The van der Waals surface area contributed by atoms with E-state index in [0.29, 0.717) is 0 Å². The van der Waals surface area contributed by atoms with E-state index in [1.807, 2.05) is 16.8 Å². The molecule has 2 aromatic heterocycles. The van der Waals surface area contributed by atoms with Gasteiger partial charge in [-0.25, -0.2) is 0 Å². The standard InChI is InChI=1S/C16H25N3O2/c1-4-10-17-14(9-8-13-7-6-11-21-13)16-15(20-3)12-18-19(16)5-2/h6-7,11-12,14,17H,4-5,8-10H2,1-3H3. The molecule has 2 heterocycles. The molecule has 116 valence electrons. The van der Waals surface area contributed by atoms with Gasteiger partial charge in [0.05, 0.1) is 31.3 Å². The van der Waals surface area contributed by atoms with Crippen molar-refractivity contribution in [3.05, 3.63) is 36.0 Å². The van der Waals surface area contributed by atoms with E-state index in [0.717, 1.165) is 49.6 Å². The molecule has 2 aromatic rings. The van der Waals surface area contributed by atoms with E-state index >= 15 is 0 Å². The Kier molecular flexibility index (Phi) is 5.87. The molecule has 1 N–H and O–H groups in total. The van der Waals surface area contributed by atoms with E-state index in [4.69, 9.17) is 9.15 Å². The van der Waals surface area contributed by atoms with Gasteiger partial charge in [0.25, 0.3) is 0 Å². The molecule has 0 fully saturated rings. The van der Waals surface area contributed by atoms with Crippen LogP contribution >= 0.6 is 0 Å². The number of rotatable bonds is 9. The molecule has 0 aromatic carbocycles. The lowest BCUT2D eigenvalue weighted by molar-refractivity contribution is 0.380. The lowest BCUT2D eigenvalue weighted by atomic mass is 10.1. The lowest BCUT2D eigenvalue weighted by Gasteiger charge is -2.20. The Balaban J connectivity index is 2.16. The third-order valence-electron chi connectivity index (χ3n) is 3.59. The van der Waals surface area contributed by atoms with Crippen LogP contribution < -0.4 is 10.1 Å². The predicted octanol–water partition coefficient (Wildman–Crippen LogP) is 3.18. The molecule has 0 amide bonds. The first-order valence-electron chi connectivity index (χ1n) is 7.65. The van der Waals surface area contributed by atoms with Crippen LogP contribution in [-0.4, -0.2) is 23.4 Å². The molecule has 0 saturated heterocycles. The average Bonchev–Trinajstić information content (AvgIpc) is 3.16. The van der Waals surface area contributed by atoms with Crippen LogP contribution in [0.1, 0.15) is 44.2 Å². The minimum atomic E-state index is 0.215. The minimum Gasteiger partial charge on any atom is -0.493 e. The SMILES string of the molecule is CCCNC(CCc1ccco1)c1c(OC)cnn1CC. The van der Waals surface area contributed by atoms with Crippen molar-refractivity contribution in [3.63, 3.8) is 0 Å². The number of hydrogen-bond donors (Lipinski definition) is 1. The molecule has 0 radical (unpaired) electrons. The number of furan rings is 1. The second-order valence-electron chi connectivity index (χ2n) is 5.04. The zero-order valence-corrected chi connectivity index (χ0v) is 13.1. The second-order valence-corrected chi connectivity index (χ2v) is 5.04. The van der Waals surface area contributed by atoms with Gasteiger partial charge in [-0.1, -0.05) is 6.92 Å². The first-order valence-corrected chi connectivity index (χ1v) is 7.65. The first kappa shape index (κ1) is 15.6. The Morgan fingerprint density at radius 3 is 2.90 bits per heavy atom. The fourth-order valence-corrected chi connectivity index (χ4v) is 2.53. The largest absolute Gasteiger partial charge is 0.493 e. The van der Waals surface area contributed by atoms with Crippen LogP contribution in [0, 0.1) is 0 Å². The summed E-state index contributed by atoms with van der Waals surface area (Å²) in [7, 11) is 1.70. The summed E-state index contributed by atoms with van der Waals surface area (Å²) in [5.41, 5.74) is 1.13. The highest BCUT2D eigenvalue weighted by Crippen LogP contribution is 2.28. The molecule has 0 saturated carbocycles. The van der Waals surface area contributed by atoms with Crippen LogP contribution in [0.15, 0.2) is 29.0 Å². The van der Waals surface area contributed by atoms with Crippen molar-refractivity contribution in [2.75, 3.05) is 13.7 Å². The van der Waals surface area contributed by atoms with Crippen LogP contribution in [0.4, 0.5) is 0 Å². The first-order chi connectivity index (χ1) is 10.3. The van der Waals surface area contributed by atoms with Gasteiger partial charge in [-0.05, 0) is 38.4 Å². The molecule has 21 heavy (non-hydrogen) atoms. The van der Waals surface area contributed by atoms with Gasteiger partial charge in [-0.3, -0.25) is 4.68 Å². The van der Waals surface area contributed by atoms with Crippen molar-refractivity contribution < 1.29 is 9.15 Å². The summed E-state index contributed by atoms with van der Waals surface area (Å²) in [6, 6.07) is 4.17. The number of ether oxygens (including phenoxy) is 1. The summed E-state index contributed by atoms with van der Waals surface area (Å²) in [6.07, 6.45) is 6.47. The number of aryl methyl sites for hydroxylation is 2. The van der Waals surface area contributed by atoms with E-state index in [-0.39, 0.29) is 6.04 Å². The number of aromatic nitrogens is 2. The molecular weight excluding hydrogens is 266 g/mol. The zero-order valence-electron chi connectivity index (χ0n) is 13.1. The van der Waals surface area contributed by atoms with Crippen LogP contribution in [0.2, 0.25) is 0 Å². The lowest BCUT2D eigenvalue weighted by Crippen LogP contribution is -2.25. The Bertz CT molecular complexity index is 498. The molecule has 5 nitrogen and oxygen atoms in total. The molecule has 0 aliphatic carbocycles. The van der Waals surface area contributed by atoms with E-state index in [1.165, 1.54) is 0 Å². The molecule has 5 heteroatoms. The Morgan fingerprint density at radius 2 is 2.29 bits per heavy atom. The zero-order chi connectivity index (χ0) is 15.1. The minimum absolute atomic E-state index is 0.215. The van der Waals surface area contributed by atoms with Gasteiger partial charge in [0.1, 0.15) is 5.76 Å². The van der Waals surface area contributed by atoms with Crippen LogP contribution in [0.3, 0.4) is 0 Å². The quantitative estimate of drug-likeness (QED) is 0.771.